The smallest absolute Gasteiger partial charge is 0.150 e. The van der Waals surface area contributed by atoms with E-state index in [0.717, 1.165) is 28.7 Å². The Bertz CT molecular complexity index is 591. The van der Waals surface area contributed by atoms with Crippen molar-refractivity contribution in [2.24, 2.45) is 0 Å². The molecule has 3 heteroatoms. The highest BCUT2D eigenvalue weighted by Crippen LogP contribution is 2.33. The highest BCUT2D eigenvalue weighted by molar-refractivity contribution is 5.83. The van der Waals surface area contributed by atoms with Crippen LogP contribution in [0.3, 0.4) is 0 Å². The SMILES string of the molecule is COc1ccc(C=O)cc1-c1cc(N)ccc1C. The van der Waals surface area contributed by atoms with Crippen molar-refractivity contribution < 1.29 is 9.53 Å². The summed E-state index contributed by atoms with van der Waals surface area (Å²) >= 11 is 0. The van der Waals surface area contributed by atoms with E-state index in [1.165, 1.54) is 0 Å². The van der Waals surface area contributed by atoms with Crippen molar-refractivity contribution >= 4 is 12.0 Å². The monoisotopic (exact) mass is 241 g/mol. The first-order valence-corrected chi connectivity index (χ1v) is 5.65. The van der Waals surface area contributed by atoms with Gasteiger partial charge in [-0.2, -0.15) is 0 Å². The van der Waals surface area contributed by atoms with Crippen molar-refractivity contribution in [3.63, 3.8) is 0 Å². The zero-order chi connectivity index (χ0) is 13.1. The topological polar surface area (TPSA) is 52.3 Å². The van der Waals surface area contributed by atoms with Crippen molar-refractivity contribution in [1.82, 2.24) is 0 Å². The summed E-state index contributed by atoms with van der Waals surface area (Å²) in [5, 5.41) is 0. The van der Waals surface area contributed by atoms with Crippen molar-refractivity contribution in [2.45, 2.75) is 6.92 Å². The lowest BCUT2D eigenvalue weighted by atomic mass is 9.97. The van der Waals surface area contributed by atoms with Gasteiger partial charge >= 0.3 is 0 Å². The Labute approximate surface area is 106 Å². The second-order valence-corrected chi connectivity index (χ2v) is 4.15. The predicted molar refractivity (Wildman–Crippen MR) is 73.0 cm³/mol. The lowest BCUT2D eigenvalue weighted by molar-refractivity contribution is 0.112. The minimum Gasteiger partial charge on any atom is -0.496 e. The van der Waals surface area contributed by atoms with E-state index in [0.29, 0.717) is 11.3 Å². The van der Waals surface area contributed by atoms with Crippen LogP contribution in [0.4, 0.5) is 5.69 Å². The van der Waals surface area contributed by atoms with Gasteiger partial charge in [0.15, 0.2) is 0 Å². The Kier molecular flexibility index (Phi) is 3.33. The third-order valence-corrected chi connectivity index (χ3v) is 2.91. The van der Waals surface area contributed by atoms with Crippen LogP contribution in [0, 0.1) is 6.92 Å². The molecule has 0 aromatic heterocycles. The number of hydrogen-bond donors (Lipinski definition) is 1. The molecule has 92 valence electrons. The van der Waals surface area contributed by atoms with E-state index < -0.39 is 0 Å². The zero-order valence-electron chi connectivity index (χ0n) is 10.4. The average Bonchev–Trinajstić information content (AvgIpc) is 2.40. The molecule has 2 aromatic rings. The maximum atomic E-state index is 10.9. The Balaban J connectivity index is 2.67. The van der Waals surface area contributed by atoms with Crippen LogP contribution in [0.15, 0.2) is 36.4 Å². The van der Waals surface area contributed by atoms with Gasteiger partial charge in [0, 0.05) is 16.8 Å². The Morgan fingerprint density at radius 3 is 2.56 bits per heavy atom. The summed E-state index contributed by atoms with van der Waals surface area (Å²) in [7, 11) is 1.61. The van der Waals surface area contributed by atoms with Gasteiger partial charge in [-0.3, -0.25) is 4.79 Å². The number of methoxy groups -OCH3 is 1. The molecular formula is C15H15NO2. The minimum atomic E-state index is 0.618. The van der Waals surface area contributed by atoms with E-state index in [2.05, 4.69) is 0 Å². The molecule has 3 nitrogen and oxygen atoms in total. The van der Waals surface area contributed by atoms with Crippen molar-refractivity contribution in [3.8, 4) is 16.9 Å². The number of ether oxygens (including phenoxy) is 1. The summed E-state index contributed by atoms with van der Waals surface area (Å²) in [6.07, 6.45) is 0.824. The minimum absolute atomic E-state index is 0.618. The van der Waals surface area contributed by atoms with Gasteiger partial charge in [0.2, 0.25) is 0 Å². The number of benzene rings is 2. The van der Waals surface area contributed by atoms with E-state index in [1.54, 1.807) is 19.2 Å². The van der Waals surface area contributed by atoms with Crippen molar-refractivity contribution in [2.75, 3.05) is 12.8 Å². The van der Waals surface area contributed by atoms with Crippen LogP contribution in [0.5, 0.6) is 5.75 Å². The van der Waals surface area contributed by atoms with Crippen LogP contribution in [0.2, 0.25) is 0 Å². The number of hydrogen-bond acceptors (Lipinski definition) is 3. The number of aldehydes is 1. The highest BCUT2D eigenvalue weighted by atomic mass is 16.5. The fourth-order valence-electron chi connectivity index (χ4n) is 1.94. The molecule has 2 N–H and O–H groups in total. The summed E-state index contributed by atoms with van der Waals surface area (Å²) in [6.45, 7) is 2.00. The van der Waals surface area contributed by atoms with Crippen LogP contribution in [0.1, 0.15) is 15.9 Å². The van der Waals surface area contributed by atoms with Crippen LogP contribution in [-0.4, -0.2) is 13.4 Å². The molecule has 0 radical (unpaired) electrons. The fourth-order valence-corrected chi connectivity index (χ4v) is 1.94. The molecular weight excluding hydrogens is 226 g/mol. The first-order chi connectivity index (χ1) is 8.65. The summed E-state index contributed by atoms with van der Waals surface area (Å²) < 4.78 is 5.34. The van der Waals surface area contributed by atoms with Gasteiger partial charge in [-0.15, -0.1) is 0 Å². The molecule has 2 aromatic carbocycles. The number of rotatable bonds is 3. The molecule has 0 aliphatic carbocycles. The second-order valence-electron chi connectivity index (χ2n) is 4.15. The fraction of sp³-hybridized carbons (Fsp3) is 0.133. The molecule has 0 aliphatic heterocycles. The highest BCUT2D eigenvalue weighted by Gasteiger charge is 2.09. The average molecular weight is 241 g/mol. The standard InChI is InChI=1S/C15H15NO2/c1-10-3-5-12(16)8-13(10)14-7-11(9-17)4-6-15(14)18-2/h3-9H,16H2,1-2H3. The summed E-state index contributed by atoms with van der Waals surface area (Å²) in [5.74, 6) is 0.731. The number of anilines is 1. The number of carbonyl (C=O) groups is 1. The third-order valence-electron chi connectivity index (χ3n) is 2.91. The normalized spacial score (nSPS) is 10.1. The Morgan fingerprint density at radius 1 is 1.11 bits per heavy atom. The molecule has 2 rings (SSSR count). The van der Waals surface area contributed by atoms with Gasteiger partial charge in [0.05, 0.1) is 7.11 Å². The predicted octanol–water partition coefficient (Wildman–Crippen LogP) is 3.07. The number of aryl methyl sites for hydroxylation is 1. The number of nitrogen functional groups attached to an aromatic ring is 1. The molecule has 0 bridgehead atoms. The van der Waals surface area contributed by atoms with E-state index >= 15 is 0 Å². The molecule has 0 unspecified atom stereocenters. The molecule has 0 atom stereocenters. The van der Waals surface area contributed by atoms with E-state index in [1.807, 2.05) is 31.2 Å². The first kappa shape index (κ1) is 12.2. The molecule has 0 saturated carbocycles. The summed E-state index contributed by atoms with van der Waals surface area (Å²) in [4.78, 5) is 10.9. The van der Waals surface area contributed by atoms with Crippen LogP contribution >= 0.6 is 0 Å². The van der Waals surface area contributed by atoms with Gasteiger partial charge in [-0.1, -0.05) is 6.07 Å². The van der Waals surface area contributed by atoms with Gasteiger partial charge in [-0.25, -0.2) is 0 Å². The van der Waals surface area contributed by atoms with Crippen LogP contribution in [0.25, 0.3) is 11.1 Å². The quantitative estimate of drug-likeness (QED) is 0.663. The molecule has 0 amide bonds. The maximum Gasteiger partial charge on any atom is 0.150 e. The van der Waals surface area contributed by atoms with E-state index in [9.17, 15) is 4.79 Å². The molecule has 18 heavy (non-hydrogen) atoms. The summed E-state index contributed by atoms with van der Waals surface area (Å²) in [5.41, 5.74) is 10.1. The first-order valence-electron chi connectivity index (χ1n) is 5.65. The Hall–Kier alpha value is -2.29. The number of carbonyl (C=O) groups excluding carboxylic acids is 1. The van der Waals surface area contributed by atoms with Gasteiger partial charge in [0.25, 0.3) is 0 Å². The molecule has 0 heterocycles. The van der Waals surface area contributed by atoms with Gasteiger partial charge in [0.1, 0.15) is 12.0 Å². The van der Waals surface area contributed by atoms with Crippen molar-refractivity contribution in [3.05, 3.63) is 47.5 Å². The van der Waals surface area contributed by atoms with Gasteiger partial charge < -0.3 is 10.5 Å². The number of nitrogens with two attached hydrogens (primary N) is 1. The van der Waals surface area contributed by atoms with E-state index in [-0.39, 0.29) is 0 Å². The maximum absolute atomic E-state index is 10.9. The van der Waals surface area contributed by atoms with Crippen LogP contribution in [-0.2, 0) is 0 Å². The van der Waals surface area contributed by atoms with E-state index in [4.69, 9.17) is 10.5 Å². The molecule has 0 fully saturated rings. The van der Waals surface area contributed by atoms with Gasteiger partial charge in [-0.05, 0) is 48.4 Å². The zero-order valence-corrected chi connectivity index (χ0v) is 10.4. The van der Waals surface area contributed by atoms with Crippen molar-refractivity contribution in [1.29, 1.82) is 0 Å². The molecule has 0 saturated heterocycles. The largest absolute Gasteiger partial charge is 0.496 e. The molecule has 0 spiro atoms. The third kappa shape index (κ3) is 2.20. The second kappa shape index (κ2) is 4.92. The molecule has 0 aliphatic rings. The Morgan fingerprint density at radius 2 is 1.89 bits per heavy atom. The lowest BCUT2D eigenvalue weighted by Gasteiger charge is -2.12. The van der Waals surface area contributed by atoms with Crippen LogP contribution < -0.4 is 10.5 Å². The summed E-state index contributed by atoms with van der Waals surface area (Å²) in [6, 6.07) is 11.0. The lowest BCUT2D eigenvalue weighted by Crippen LogP contribution is -1.94.